The highest BCUT2D eigenvalue weighted by Crippen LogP contribution is 2.16. The molecule has 1 atom stereocenters. The average molecular weight is 234 g/mol. The largest absolute Gasteiger partial charge is 0.329 e. The molecule has 0 spiro atoms. The molecule has 1 rings (SSSR count). The van der Waals surface area contributed by atoms with E-state index in [1.54, 1.807) is 13.8 Å². The van der Waals surface area contributed by atoms with Crippen LogP contribution in [0, 0.1) is 0 Å². The number of hydrogen-bond donors (Lipinski definition) is 1. The lowest BCUT2D eigenvalue weighted by molar-refractivity contribution is 0.0975. The molecular weight excluding hydrogens is 212 g/mol. The number of likely N-dealkylation sites (tertiary alicyclic amines) is 1. The Morgan fingerprint density at radius 1 is 1.47 bits per heavy atom. The van der Waals surface area contributed by atoms with E-state index in [2.05, 4.69) is 4.90 Å². The second-order valence-electron chi connectivity index (χ2n) is 4.48. The molecule has 5 heteroatoms. The molecule has 1 unspecified atom stereocenters. The summed E-state index contributed by atoms with van der Waals surface area (Å²) in [7, 11) is -2.86. The monoisotopic (exact) mass is 234 g/mol. The van der Waals surface area contributed by atoms with Crippen LogP contribution in [0.15, 0.2) is 0 Å². The lowest BCUT2D eigenvalue weighted by atomic mass is 10.0. The molecule has 0 aromatic carbocycles. The average Bonchev–Trinajstić information content (AvgIpc) is 2.11. The Morgan fingerprint density at radius 3 is 2.53 bits per heavy atom. The van der Waals surface area contributed by atoms with Gasteiger partial charge in [-0.2, -0.15) is 0 Å². The molecule has 1 saturated heterocycles. The van der Waals surface area contributed by atoms with Crippen molar-refractivity contribution in [2.24, 2.45) is 5.73 Å². The van der Waals surface area contributed by atoms with Crippen molar-refractivity contribution in [3.63, 3.8) is 0 Å². The first-order valence-corrected chi connectivity index (χ1v) is 7.34. The number of nitrogens with zero attached hydrogens (tertiary/aromatic N) is 1. The van der Waals surface area contributed by atoms with Crippen LogP contribution in [-0.4, -0.2) is 50.0 Å². The number of sulfone groups is 1. The van der Waals surface area contributed by atoms with Crippen molar-refractivity contribution >= 4 is 9.84 Å². The second-order valence-corrected chi connectivity index (χ2v) is 7.16. The van der Waals surface area contributed by atoms with E-state index in [-0.39, 0.29) is 5.25 Å². The summed E-state index contributed by atoms with van der Waals surface area (Å²) in [4.78, 5) is 2.27. The molecule has 0 aromatic rings. The molecular formula is C10H22N2O2S. The maximum absolute atomic E-state index is 11.5. The minimum Gasteiger partial charge on any atom is -0.329 e. The summed E-state index contributed by atoms with van der Waals surface area (Å²) in [6.07, 6.45) is 1.89. The topological polar surface area (TPSA) is 63.4 Å². The third kappa shape index (κ3) is 3.43. The van der Waals surface area contributed by atoms with Crippen LogP contribution in [-0.2, 0) is 9.84 Å². The van der Waals surface area contributed by atoms with Gasteiger partial charge in [-0.15, -0.1) is 0 Å². The van der Waals surface area contributed by atoms with E-state index in [9.17, 15) is 8.42 Å². The summed E-state index contributed by atoms with van der Waals surface area (Å²) in [5.41, 5.74) is 5.57. The molecule has 15 heavy (non-hydrogen) atoms. The Bertz CT molecular complexity index is 286. The fourth-order valence-electron chi connectivity index (χ4n) is 1.76. The van der Waals surface area contributed by atoms with Crippen LogP contribution in [0.4, 0.5) is 0 Å². The molecule has 1 heterocycles. The van der Waals surface area contributed by atoms with E-state index < -0.39 is 9.84 Å². The van der Waals surface area contributed by atoms with E-state index in [4.69, 9.17) is 5.73 Å². The zero-order valence-corrected chi connectivity index (χ0v) is 10.5. The first-order valence-electron chi connectivity index (χ1n) is 5.63. The predicted molar refractivity (Wildman–Crippen MR) is 62.6 cm³/mol. The van der Waals surface area contributed by atoms with E-state index in [0.717, 1.165) is 25.9 Å². The van der Waals surface area contributed by atoms with E-state index in [1.807, 2.05) is 0 Å². The lowest BCUT2D eigenvalue weighted by Crippen LogP contribution is -2.52. The summed E-state index contributed by atoms with van der Waals surface area (Å²) in [6.45, 7) is 6.11. The van der Waals surface area contributed by atoms with Crippen molar-refractivity contribution in [3.8, 4) is 0 Å². The van der Waals surface area contributed by atoms with E-state index in [1.165, 1.54) is 0 Å². The number of nitrogens with two attached hydrogens (primary N) is 1. The van der Waals surface area contributed by atoms with Crippen LogP contribution in [0.5, 0.6) is 0 Å². The number of rotatable bonds is 6. The van der Waals surface area contributed by atoms with Gasteiger partial charge in [-0.05, 0) is 33.2 Å². The van der Waals surface area contributed by atoms with E-state index >= 15 is 0 Å². The van der Waals surface area contributed by atoms with Crippen molar-refractivity contribution in [1.29, 1.82) is 0 Å². The summed E-state index contributed by atoms with van der Waals surface area (Å²) >= 11 is 0. The normalized spacial score (nSPS) is 23.1. The maximum atomic E-state index is 11.5. The van der Waals surface area contributed by atoms with Crippen LogP contribution in [0.25, 0.3) is 0 Å². The standard InChI is InChI=1S/C10H22N2O2S/c1-9(2)15(13,14)7-3-5-12-6-4-10(12)8-11/h9-10H,3-8,11H2,1-2H3. The zero-order valence-electron chi connectivity index (χ0n) is 9.65. The first-order chi connectivity index (χ1) is 6.97. The molecule has 1 fully saturated rings. The van der Waals surface area contributed by atoms with Crippen LogP contribution >= 0.6 is 0 Å². The van der Waals surface area contributed by atoms with Crippen molar-refractivity contribution < 1.29 is 8.42 Å². The van der Waals surface area contributed by atoms with Gasteiger partial charge in [-0.3, -0.25) is 4.90 Å². The summed E-state index contributed by atoms with van der Waals surface area (Å²) in [5.74, 6) is 0.304. The van der Waals surface area contributed by atoms with Crippen molar-refractivity contribution in [3.05, 3.63) is 0 Å². The van der Waals surface area contributed by atoms with Crippen molar-refractivity contribution in [2.75, 3.05) is 25.4 Å². The fourth-order valence-corrected chi connectivity index (χ4v) is 2.76. The molecule has 1 aliphatic rings. The second kappa shape index (κ2) is 5.27. The first kappa shape index (κ1) is 12.9. The smallest absolute Gasteiger partial charge is 0.152 e. The molecule has 0 bridgehead atoms. The molecule has 1 aliphatic heterocycles. The molecule has 0 amide bonds. The van der Waals surface area contributed by atoms with Gasteiger partial charge in [0.2, 0.25) is 0 Å². The van der Waals surface area contributed by atoms with Gasteiger partial charge in [-0.1, -0.05) is 0 Å². The summed E-state index contributed by atoms with van der Waals surface area (Å²) in [6, 6.07) is 0.492. The van der Waals surface area contributed by atoms with Crippen LogP contribution in [0.3, 0.4) is 0 Å². The minimum absolute atomic E-state index is 0.251. The Labute approximate surface area is 92.7 Å². The number of hydrogen-bond acceptors (Lipinski definition) is 4. The van der Waals surface area contributed by atoms with Crippen LogP contribution < -0.4 is 5.73 Å². The Kier molecular flexibility index (Phi) is 4.55. The van der Waals surface area contributed by atoms with Gasteiger partial charge in [-0.25, -0.2) is 8.42 Å². The zero-order chi connectivity index (χ0) is 11.5. The highest BCUT2D eigenvalue weighted by atomic mass is 32.2. The molecule has 0 radical (unpaired) electrons. The Morgan fingerprint density at radius 2 is 2.13 bits per heavy atom. The van der Waals surface area contributed by atoms with Gasteiger partial charge < -0.3 is 5.73 Å². The van der Waals surface area contributed by atoms with Gasteiger partial charge in [0, 0.05) is 19.1 Å². The maximum Gasteiger partial charge on any atom is 0.152 e. The fraction of sp³-hybridized carbons (Fsp3) is 1.00. The van der Waals surface area contributed by atoms with Crippen LogP contribution in [0.2, 0.25) is 0 Å². The van der Waals surface area contributed by atoms with E-state index in [0.29, 0.717) is 18.3 Å². The Balaban J connectivity index is 2.22. The van der Waals surface area contributed by atoms with Gasteiger partial charge in [0.25, 0.3) is 0 Å². The van der Waals surface area contributed by atoms with Crippen LogP contribution in [0.1, 0.15) is 26.7 Å². The molecule has 4 nitrogen and oxygen atoms in total. The molecule has 0 saturated carbocycles. The van der Waals surface area contributed by atoms with Gasteiger partial charge in [0.15, 0.2) is 9.84 Å². The summed E-state index contributed by atoms with van der Waals surface area (Å²) < 4.78 is 23.1. The highest BCUT2D eigenvalue weighted by molar-refractivity contribution is 7.91. The molecule has 2 N–H and O–H groups in total. The molecule has 0 aliphatic carbocycles. The van der Waals surface area contributed by atoms with Crippen molar-refractivity contribution in [2.45, 2.75) is 38.0 Å². The highest BCUT2D eigenvalue weighted by Gasteiger charge is 2.26. The molecule has 90 valence electrons. The summed E-state index contributed by atoms with van der Waals surface area (Å²) in [5, 5.41) is -0.251. The van der Waals surface area contributed by atoms with Gasteiger partial charge >= 0.3 is 0 Å². The minimum atomic E-state index is -2.86. The third-order valence-corrected chi connectivity index (χ3v) is 5.42. The van der Waals surface area contributed by atoms with Gasteiger partial charge in [0.1, 0.15) is 0 Å². The lowest BCUT2D eigenvalue weighted by Gasteiger charge is -2.40. The van der Waals surface area contributed by atoms with Crippen molar-refractivity contribution in [1.82, 2.24) is 4.90 Å². The Hall–Kier alpha value is -0.130. The quantitative estimate of drug-likeness (QED) is 0.715. The van der Waals surface area contributed by atoms with Gasteiger partial charge in [0.05, 0.1) is 11.0 Å². The third-order valence-electron chi connectivity index (χ3n) is 3.13. The molecule has 0 aromatic heterocycles. The predicted octanol–water partition coefficient (Wildman–Crippen LogP) is 0.233. The SMILES string of the molecule is CC(C)S(=O)(=O)CCCN1CCC1CN.